The molecule has 0 aromatic rings. The third-order valence-corrected chi connectivity index (χ3v) is 6.09. The largest absolute Gasteiger partial charge is 0.354 e. The van der Waals surface area contributed by atoms with E-state index in [1.165, 1.54) is 77.3 Å². The van der Waals surface area contributed by atoms with Crippen molar-refractivity contribution in [2.24, 2.45) is 10.9 Å². The fraction of sp³-hybridized carbons (Fsp3) is 0.947. The maximum atomic E-state index is 4.45. The van der Waals surface area contributed by atoms with E-state index in [4.69, 9.17) is 0 Å². The van der Waals surface area contributed by atoms with Gasteiger partial charge in [-0.2, -0.15) is 0 Å². The number of likely N-dealkylation sites (tertiary alicyclic amines) is 1. The van der Waals surface area contributed by atoms with Crippen molar-refractivity contribution in [2.45, 2.75) is 89.3 Å². The fourth-order valence-corrected chi connectivity index (χ4v) is 4.51. The highest BCUT2D eigenvalue weighted by atomic mass is 15.2. The summed E-state index contributed by atoms with van der Waals surface area (Å²) in [7, 11) is 1.91. The number of guanidine groups is 1. The molecule has 2 aliphatic carbocycles. The quantitative estimate of drug-likeness (QED) is 0.604. The molecule has 4 nitrogen and oxygen atoms in total. The van der Waals surface area contributed by atoms with E-state index in [0.717, 1.165) is 17.9 Å². The smallest absolute Gasteiger partial charge is 0.191 e. The van der Waals surface area contributed by atoms with E-state index in [1.807, 2.05) is 7.05 Å². The Morgan fingerprint density at radius 3 is 2.43 bits per heavy atom. The summed E-state index contributed by atoms with van der Waals surface area (Å²) in [4.78, 5) is 7.20. The first-order chi connectivity index (χ1) is 11.3. The molecule has 132 valence electrons. The summed E-state index contributed by atoms with van der Waals surface area (Å²) in [5, 5.41) is 7.30. The normalized spacial score (nSPS) is 31.1. The average molecular weight is 321 g/mol. The van der Waals surface area contributed by atoms with Crippen molar-refractivity contribution < 1.29 is 0 Å². The molecule has 2 N–H and O–H groups in total. The molecule has 23 heavy (non-hydrogen) atoms. The Hall–Kier alpha value is -0.770. The summed E-state index contributed by atoms with van der Waals surface area (Å²) in [5.74, 6) is 1.91. The van der Waals surface area contributed by atoms with Crippen LogP contribution in [0.25, 0.3) is 0 Å². The van der Waals surface area contributed by atoms with Gasteiger partial charge in [-0.25, -0.2) is 0 Å². The number of aliphatic imine (C=N–C) groups is 1. The van der Waals surface area contributed by atoms with Crippen LogP contribution in [0.4, 0.5) is 0 Å². The van der Waals surface area contributed by atoms with E-state index in [-0.39, 0.29) is 0 Å². The molecule has 4 heteroatoms. The van der Waals surface area contributed by atoms with Crippen molar-refractivity contribution in [3.8, 4) is 0 Å². The van der Waals surface area contributed by atoms with Crippen LogP contribution in [-0.2, 0) is 0 Å². The Kier molecular flexibility index (Phi) is 6.21. The van der Waals surface area contributed by atoms with Gasteiger partial charge in [-0.1, -0.05) is 32.6 Å². The van der Waals surface area contributed by atoms with E-state index >= 15 is 0 Å². The van der Waals surface area contributed by atoms with Gasteiger partial charge in [0.15, 0.2) is 5.96 Å². The highest BCUT2D eigenvalue weighted by Crippen LogP contribution is 2.34. The van der Waals surface area contributed by atoms with Crippen LogP contribution < -0.4 is 10.6 Å². The molecule has 1 aliphatic heterocycles. The number of piperidine rings is 1. The van der Waals surface area contributed by atoms with Crippen LogP contribution >= 0.6 is 0 Å². The second-order valence-corrected chi connectivity index (χ2v) is 7.85. The lowest BCUT2D eigenvalue weighted by Crippen LogP contribution is -2.51. The number of hydrogen-bond acceptors (Lipinski definition) is 2. The van der Waals surface area contributed by atoms with Crippen molar-refractivity contribution in [3.63, 3.8) is 0 Å². The zero-order chi connectivity index (χ0) is 16.1. The van der Waals surface area contributed by atoms with Crippen LogP contribution in [0, 0.1) is 5.92 Å². The molecule has 0 amide bonds. The summed E-state index contributed by atoms with van der Waals surface area (Å²) < 4.78 is 0. The lowest BCUT2D eigenvalue weighted by atomic mass is 9.92. The average Bonchev–Trinajstić information content (AvgIpc) is 3.33. The molecule has 0 radical (unpaired) electrons. The summed E-state index contributed by atoms with van der Waals surface area (Å²) >= 11 is 0. The molecule has 0 aromatic heterocycles. The van der Waals surface area contributed by atoms with Crippen LogP contribution in [0.3, 0.4) is 0 Å². The Morgan fingerprint density at radius 1 is 1.04 bits per heavy atom. The molecule has 0 aromatic carbocycles. The third kappa shape index (κ3) is 4.85. The van der Waals surface area contributed by atoms with E-state index < -0.39 is 0 Å². The third-order valence-electron chi connectivity index (χ3n) is 6.09. The van der Waals surface area contributed by atoms with Gasteiger partial charge >= 0.3 is 0 Å². The number of hydrogen-bond donors (Lipinski definition) is 2. The van der Waals surface area contributed by atoms with Crippen molar-refractivity contribution in [3.05, 3.63) is 0 Å². The van der Waals surface area contributed by atoms with Crippen molar-refractivity contribution >= 4 is 5.96 Å². The molecular formula is C19H36N4. The first-order valence-corrected chi connectivity index (χ1v) is 10.0. The predicted octanol–water partition coefficient (Wildman–Crippen LogP) is 3.14. The fourth-order valence-electron chi connectivity index (χ4n) is 4.51. The molecule has 0 bridgehead atoms. The molecule has 2 saturated carbocycles. The van der Waals surface area contributed by atoms with E-state index in [0.29, 0.717) is 12.1 Å². The van der Waals surface area contributed by atoms with Gasteiger partial charge in [-0.3, -0.25) is 4.99 Å². The Labute approximate surface area is 142 Å². The van der Waals surface area contributed by atoms with E-state index in [1.54, 1.807) is 0 Å². The monoisotopic (exact) mass is 320 g/mol. The van der Waals surface area contributed by atoms with Crippen LogP contribution in [0.5, 0.6) is 0 Å². The van der Waals surface area contributed by atoms with Gasteiger partial charge in [0.1, 0.15) is 0 Å². The van der Waals surface area contributed by atoms with Crippen molar-refractivity contribution in [2.75, 3.05) is 20.1 Å². The summed E-state index contributed by atoms with van der Waals surface area (Å²) in [6.07, 6.45) is 13.7. The van der Waals surface area contributed by atoms with Gasteiger partial charge < -0.3 is 15.5 Å². The standard InChI is InChI=1S/C19H36N4/c1-3-7-15-14-18(15)22-19(20-2)21-16-10-12-23(13-11-16)17-8-5-4-6-9-17/h15-18H,3-14H2,1-2H3,(H2,20,21,22). The lowest BCUT2D eigenvalue weighted by molar-refractivity contribution is 0.119. The maximum absolute atomic E-state index is 4.45. The topological polar surface area (TPSA) is 39.7 Å². The molecular weight excluding hydrogens is 284 g/mol. The minimum Gasteiger partial charge on any atom is -0.354 e. The van der Waals surface area contributed by atoms with Crippen LogP contribution in [0.15, 0.2) is 4.99 Å². The van der Waals surface area contributed by atoms with Crippen LogP contribution in [0.1, 0.15) is 71.1 Å². The number of nitrogens with zero attached hydrogens (tertiary/aromatic N) is 2. The molecule has 0 spiro atoms. The molecule has 1 heterocycles. The van der Waals surface area contributed by atoms with Crippen molar-refractivity contribution in [1.82, 2.24) is 15.5 Å². The molecule has 3 fully saturated rings. The highest BCUT2D eigenvalue weighted by Gasteiger charge is 2.37. The molecule has 2 unspecified atom stereocenters. The van der Waals surface area contributed by atoms with Gasteiger partial charge in [0.2, 0.25) is 0 Å². The van der Waals surface area contributed by atoms with E-state index in [9.17, 15) is 0 Å². The molecule has 3 aliphatic rings. The number of nitrogens with one attached hydrogen (secondary N) is 2. The van der Waals surface area contributed by atoms with Gasteiger partial charge in [-0.15, -0.1) is 0 Å². The Balaban J connectivity index is 1.37. The van der Waals surface area contributed by atoms with Crippen LogP contribution in [-0.4, -0.2) is 49.1 Å². The zero-order valence-corrected chi connectivity index (χ0v) is 15.2. The van der Waals surface area contributed by atoms with Gasteiger partial charge in [0.05, 0.1) is 0 Å². The minimum absolute atomic E-state index is 0.601. The van der Waals surface area contributed by atoms with E-state index in [2.05, 4.69) is 27.4 Å². The van der Waals surface area contributed by atoms with Crippen molar-refractivity contribution in [1.29, 1.82) is 0 Å². The summed E-state index contributed by atoms with van der Waals surface area (Å²) in [6.45, 7) is 4.81. The lowest BCUT2D eigenvalue weighted by Gasteiger charge is -2.39. The second kappa shape index (κ2) is 8.36. The predicted molar refractivity (Wildman–Crippen MR) is 97.9 cm³/mol. The van der Waals surface area contributed by atoms with Gasteiger partial charge in [0, 0.05) is 38.3 Å². The van der Waals surface area contributed by atoms with Gasteiger partial charge in [0.25, 0.3) is 0 Å². The summed E-state index contributed by atoms with van der Waals surface area (Å²) in [5.41, 5.74) is 0. The zero-order valence-electron chi connectivity index (χ0n) is 15.2. The van der Waals surface area contributed by atoms with Gasteiger partial charge in [-0.05, 0) is 44.4 Å². The Morgan fingerprint density at radius 2 is 1.78 bits per heavy atom. The molecule has 3 rings (SSSR count). The number of rotatable bonds is 5. The molecule has 1 saturated heterocycles. The second-order valence-electron chi connectivity index (χ2n) is 7.85. The minimum atomic E-state index is 0.601. The van der Waals surface area contributed by atoms with Crippen LogP contribution in [0.2, 0.25) is 0 Å². The first kappa shape index (κ1) is 17.1. The first-order valence-electron chi connectivity index (χ1n) is 10.0. The molecule has 2 atom stereocenters. The SMILES string of the molecule is CCCC1CC1NC(=NC)NC1CCN(C2CCCCC2)CC1. The highest BCUT2D eigenvalue weighted by molar-refractivity contribution is 5.80. The Bertz CT molecular complexity index is 381. The maximum Gasteiger partial charge on any atom is 0.191 e. The summed E-state index contributed by atoms with van der Waals surface area (Å²) in [6, 6.07) is 2.15.